The van der Waals surface area contributed by atoms with Gasteiger partial charge in [0.25, 0.3) is 5.91 Å². The Morgan fingerprint density at radius 3 is 2.53 bits per heavy atom. The number of allylic oxidation sites excluding steroid dienone is 3. The van der Waals surface area contributed by atoms with Crippen LogP contribution in [0.1, 0.15) is 84.8 Å². The maximum atomic E-state index is 14.8. The van der Waals surface area contributed by atoms with Crippen molar-refractivity contribution >= 4 is 32.9 Å². The number of likely N-dealkylation sites (tertiary alicyclic amines) is 2. The molecule has 10 nitrogen and oxygen atoms in total. The maximum absolute atomic E-state index is 14.8. The molecule has 2 amide bonds. The van der Waals surface area contributed by atoms with Crippen LogP contribution in [0.25, 0.3) is 10.9 Å². The van der Waals surface area contributed by atoms with Gasteiger partial charge in [-0.15, -0.1) is 0 Å². The molecular weight excluding hydrogens is 614 g/mol. The lowest BCUT2D eigenvalue weighted by molar-refractivity contribution is -0.140. The van der Waals surface area contributed by atoms with Gasteiger partial charge in [-0.05, 0) is 86.8 Å². The molecule has 4 aliphatic heterocycles. The lowest BCUT2D eigenvalue weighted by atomic mass is 9.75. The number of rotatable bonds is 6. The molecule has 1 aromatic carbocycles. The van der Waals surface area contributed by atoms with Crippen molar-refractivity contribution in [2.45, 2.75) is 81.8 Å². The highest BCUT2D eigenvalue weighted by Crippen LogP contribution is 2.66. The number of aromatic nitrogens is 1. The fraction of sp³-hybridized carbons (Fsp3) is 0.611. The summed E-state index contributed by atoms with van der Waals surface area (Å²) in [5, 5.41) is 1.13. The molecule has 3 aliphatic carbocycles. The molecule has 2 aromatic rings. The highest BCUT2D eigenvalue weighted by Gasteiger charge is 2.67. The van der Waals surface area contributed by atoms with Crippen LogP contribution in [0.2, 0.25) is 0 Å². The fourth-order valence-corrected chi connectivity index (χ4v) is 11.3. The summed E-state index contributed by atoms with van der Waals surface area (Å²) in [4.78, 5) is 32.9. The Kier molecular flexibility index (Phi) is 6.80. The summed E-state index contributed by atoms with van der Waals surface area (Å²) in [5.74, 6) is 1.36. The number of hydrogen-bond acceptors (Lipinski definition) is 6. The van der Waals surface area contributed by atoms with Gasteiger partial charge >= 0.3 is 10.2 Å². The topological polar surface area (TPSA) is 104 Å². The van der Waals surface area contributed by atoms with Crippen molar-refractivity contribution in [1.82, 2.24) is 23.4 Å². The number of carbonyl (C=O) groups is 2. The van der Waals surface area contributed by atoms with Crippen LogP contribution in [0.3, 0.4) is 0 Å². The second-order valence-electron chi connectivity index (χ2n) is 15.3. The molecule has 2 bridgehead atoms. The number of amides is 2. The molecule has 0 radical (unpaired) electrons. The summed E-state index contributed by atoms with van der Waals surface area (Å²) in [6.45, 7) is 3.17. The minimum Gasteiger partial charge on any atom is -0.497 e. The third-order valence-electron chi connectivity index (χ3n) is 12.8. The van der Waals surface area contributed by atoms with Crippen LogP contribution in [0, 0.1) is 17.3 Å². The summed E-state index contributed by atoms with van der Waals surface area (Å²) >= 11 is 0. The Morgan fingerprint density at radius 2 is 1.85 bits per heavy atom. The number of nitrogens with one attached hydrogen (secondary N) is 1. The van der Waals surface area contributed by atoms with Crippen LogP contribution in [-0.4, -0.2) is 91.3 Å². The summed E-state index contributed by atoms with van der Waals surface area (Å²) < 4.78 is 37.5. The van der Waals surface area contributed by atoms with Gasteiger partial charge < -0.3 is 14.2 Å². The lowest BCUT2D eigenvalue weighted by Crippen LogP contribution is -2.50. The number of methoxy groups -OCH3 is 1. The summed E-state index contributed by atoms with van der Waals surface area (Å²) in [6, 6.07) is 6.41. The van der Waals surface area contributed by atoms with E-state index >= 15 is 0 Å². The molecule has 6 atom stereocenters. The number of nitrogens with zero attached hydrogens (tertiary/aromatic N) is 4. The van der Waals surface area contributed by atoms with Gasteiger partial charge in [0.15, 0.2) is 0 Å². The van der Waals surface area contributed by atoms with Gasteiger partial charge in [-0.1, -0.05) is 31.4 Å². The zero-order chi connectivity index (χ0) is 32.2. The SMILES string of the molecule is COC1=CC2C(C=C1)c1c(C3CCCCC3)c3ccc(C(=O)NS(=O)(=O)N4CCC4)cc3n1CC1(C(=O)N3CC4CC3CN4C)CC21. The molecule has 3 saturated heterocycles. The summed E-state index contributed by atoms with van der Waals surface area (Å²) in [5.41, 5.74) is 3.37. The molecule has 5 heterocycles. The molecule has 2 saturated carbocycles. The van der Waals surface area contributed by atoms with E-state index in [1.165, 1.54) is 34.8 Å². The zero-order valence-corrected chi connectivity index (χ0v) is 28.2. The highest BCUT2D eigenvalue weighted by molar-refractivity contribution is 7.87. The first-order valence-electron chi connectivity index (χ1n) is 17.6. The highest BCUT2D eigenvalue weighted by atomic mass is 32.2. The first-order valence-corrected chi connectivity index (χ1v) is 19.1. The van der Waals surface area contributed by atoms with E-state index in [4.69, 9.17) is 4.74 Å². The van der Waals surface area contributed by atoms with Crippen molar-refractivity contribution in [3.05, 3.63) is 59.0 Å². The Hall–Kier alpha value is -3.15. The second-order valence-corrected chi connectivity index (χ2v) is 17.0. The predicted octanol–water partition coefficient (Wildman–Crippen LogP) is 4.10. The van der Waals surface area contributed by atoms with Crippen LogP contribution in [0.5, 0.6) is 0 Å². The van der Waals surface area contributed by atoms with Crippen molar-refractivity contribution in [3.8, 4) is 0 Å². The Labute approximate surface area is 276 Å². The van der Waals surface area contributed by atoms with Crippen molar-refractivity contribution in [3.63, 3.8) is 0 Å². The van der Waals surface area contributed by atoms with Gasteiger partial charge in [0.2, 0.25) is 5.91 Å². The number of likely N-dealkylation sites (N-methyl/N-ethyl adjacent to an activating group) is 1. The Bertz CT molecular complexity index is 1840. The molecule has 1 N–H and O–H groups in total. The predicted molar refractivity (Wildman–Crippen MR) is 178 cm³/mol. The Balaban J connectivity index is 1.19. The van der Waals surface area contributed by atoms with Crippen LogP contribution < -0.4 is 4.72 Å². The first-order chi connectivity index (χ1) is 22.7. The monoisotopic (exact) mass is 659 g/mol. The van der Waals surface area contributed by atoms with Crippen LogP contribution in [0.4, 0.5) is 0 Å². The molecule has 9 rings (SSSR count). The number of carbonyl (C=O) groups excluding carboxylic acids is 2. The number of hydrogen-bond donors (Lipinski definition) is 1. The van der Waals surface area contributed by atoms with Gasteiger partial charge in [0, 0.05) is 72.9 Å². The number of fused-ring (bicyclic) bond motifs is 9. The normalized spacial score (nSPS) is 33.4. The molecular formula is C36H45N5O5S. The van der Waals surface area contributed by atoms with E-state index in [9.17, 15) is 18.0 Å². The van der Waals surface area contributed by atoms with E-state index in [0.29, 0.717) is 37.2 Å². The standard InChI is InChI=1S/C36H45N5O5S/c1-38-19-25-16-24(38)20-40(25)35(43)36-18-30(36)29-17-26(46-2)10-12-27(29)33-32(22-7-4-3-5-8-22)28-11-9-23(15-31(28)41(33)21-36)34(42)37-47(44,45)39-13-6-14-39/h9-12,15,17,22,24-25,27,29-30H,3-8,13-14,16,18-21H2,1-2H3,(H,37,42). The second kappa shape index (κ2) is 10.7. The average Bonchev–Trinajstić information content (AvgIpc) is 3.28. The minimum absolute atomic E-state index is 0.0886. The van der Waals surface area contributed by atoms with Crippen molar-refractivity contribution < 1.29 is 22.7 Å². The van der Waals surface area contributed by atoms with E-state index in [1.54, 1.807) is 13.2 Å². The molecule has 6 unspecified atom stereocenters. The molecule has 7 aliphatic rings. The smallest absolute Gasteiger partial charge is 0.304 e. The largest absolute Gasteiger partial charge is 0.497 e. The van der Waals surface area contributed by atoms with Gasteiger partial charge in [-0.2, -0.15) is 12.7 Å². The van der Waals surface area contributed by atoms with E-state index < -0.39 is 21.5 Å². The van der Waals surface area contributed by atoms with Crippen molar-refractivity contribution in [2.75, 3.05) is 40.3 Å². The van der Waals surface area contributed by atoms with E-state index in [2.05, 4.69) is 44.4 Å². The van der Waals surface area contributed by atoms with Crippen LogP contribution in [0.15, 0.2) is 42.2 Å². The third-order valence-corrected chi connectivity index (χ3v) is 14.3. The molecule has 1 aromatic heterocycles. The Morgan fingerprint density at radius 1 is 1.04 bits per heavy atom. The van der Waals surface area contributed by atoms with Gasteiger partial charge in [0.05, 0.1) is 12.5 Å². The molecule has 0 spiro atoms. The fourth-order valence-electron chi connectivity index (χ4n) is 10.1. The zero-order valence-electron chi connectivity index (χ0n) is 27.4. The average molecular weight is 660 g/mol. The molecule has 47 heavy (non-hydrogen) atoms. The molecule has 250 valence electrons. The molecule has 5 fully saturated rings. The maximum Gasteiger partial charge on any atom is 0.304 e. The van der Waals surface area contributed by atoms with Gasteiger partial charge in [-0.3, -0.25) is 14.5 Å². The minimum atomic E-state index is -3.88. The van der Waals surface area contributed by atoms with Crippen LogP contribution in [-0.2, 0) is 26.3 Å². The first kappa shape index (κ1) is 29.9. The van der Waals surface area contributed by atoms with E-state index in [0.717, 1.165) is 61.9 Å². The lowest BCUT2D eigenvalue weighted by Gasteiger charge is -2.35. The van der Waals surface area contributed by atoms with Crippen LogP contribution >= 0.6 is 0 Å². The number of ether oxygens (including phenoxy) is 1. The summed E-state index contributed by atoms with van der Waals surface area (Å²) in [7, 11) is 0.00626. The quantitative estimate of drug-likeness (QED) is 0.501. The van der Waals surface area contributed by atoms with Crippen molar-refractivity contribution in [2.24, 2.45) is 17.3 Å². The van der Waals surface area contributed by atoms with Gasteiger partial charge in [-0.25, -0.2) is 4.72 Å². The van der Waals surface area contributed by atoms with Crippen molar-refractivity contribution in [1.29, 1.82) is 0 Å². The van der Waals surface area contributed by atoms with E-state index in [1.807, 2.05) is 12.1 Å². The summed E-state index contributed by atoms with van der Waals surface area (Å²) in [6.07, 6.45) is 15.2. The number of benzene rings is 1. The van der Waals surface area contributed by atoms with Gasteiger partial charge in [0.1, 0.15) is 5.76 Å². The third kappa shape index (κ3) is 4.51. The number of piperazine rings is 1. The molecule has 11 heteroatoms. The van der Waals surface area contributed by atoms with E-state index in [-0.39, 0.29) is 29.7 Å².